The van der Waals surface area contributed by atoms with E-state index in [-0.39, 0.29) is 49.0 Å². The Hall–Kier alpha value is -2.78. The monoisotopic (exact) mass is 447 g/mol. The van der Waals surface area contributed by atoms with Crippen LogP contribution in [0.3, 0.4) is 0 Å². The number of aryl methyl sites for hydroxylation is 1. The summed E-state index contributed by atoms with van der Waals surface area (Å²) in [6, 6.07) is 11.8. The van der Waals surface area contributed by atoms with Crippen molar-refractivity contribution in [3.05, 3.63) is 53.6 Å². The number of ether oxygens (including phenoxy) is 1. The molecule has 0 bridgehead atoms. The Labute approximate surface area is 183 Å². The van der Waals surface area contributed by atoms with E-state index in [1.54, 1.807) is 17.9 Å². The highest BCUT2D eigenvalue weighted by molar-refractivity contribution is 7.89. The summed E-state index contributed by atoms with van der Waals surface area (Å²) in [5, 5.41) is 12.9. The number of rotatable bonds is 6. The normalized spacial score (nSPS) is 15.2. The van der Waals surface area contributed by atoms with Gasteiger partial charge in [-0.1, -0.05) is 24.3 Å². The quantitative estimate of drug-likeness (QED) is 0.709. The van der Waals surface area contributed by atoms with Crippen LogP contribution in [0, 0.1) is 6.92 Å². The average Bonchev–Trinajstić information content (AvgIpc) is 2.74. The van der Waals surface area contributed by atoms with E-state index in [4.69, 9.17) is 4.74 Å². The van der Waals surface area contributed by atoms with E-state index < -0.39 is 10.0 Å². The number of phenols is 1. The molecule has 9 heteroatoms. The summed E-state index contributed by atoms with van der Waals surface area (Å²) in [5.41, 5.74) is 1.62. The van der Waals surface area contributed by atoms with Crippen molar-refractivity contribution in [1.82, 2.24) is 14.5 Å². The molecule has 0 aromatic heterocycles. The highest BCUT2D eigenvalue weighted by Crippen LogP contribution is 2.27. The van der Waals surface area contributed by atoms with Crippen LogP contribution < -0.4 is 10.1 Å². The second-order valence-corrected chi connectivity index (χ2v) is 9.70. The summed E-state index contributed by atoms with van der Waals surface area (Å²) in [4.78, 5) is 14.1. The second kappa shape index (κ2) is 9.57. The number of nitrogens with one attached hydrogen (secondary N) is 1. The molecule has 1 aliphatic rings. The zero-order valence-corrected chi connectivity index (χ0v) is 18.9. The second-order valence-electron chi connectivity index (χ2n) is 7.80. The minimum atomic E-state index is -3.83. The lowest BCUT2D eigenvalue weighted by atomic mass is 10.2. The number of aromatic hydroxyl groups is 1. The number of para-hydroxylation sites is 1. The topological polar surface area (TPSA) is 99.2 Å². The van der Waals surface area contributed by atoms with E-state index in [0.717, 1.165) is 16.9 Å². The van der Waals surface area contributed by atoms with Crippen molar-refractivity contribution in [2.75, 3.05) is 26.2 Å². The molecule has 2 N–H and O–H groups in total. The van der Waals surface area contributed by atoms with Crippen LogP contribution in [0.2, 0.25) is 0 Å². The van der Waals surface area contributed by atoms with Crippen LogP contribution in [-0.2, 0) is 16.6 Å². The molecule has 3 rings (SSSR count). The number of benzene rings is 2. The van der Waals surface area contributed by atoms with Crippen LogP contribution in [-0.4, -0.2) is 61.0 Å². The largest absolute Gasteiger partial charge is 0.507 e. The van der Waals surface area contributed by atoms with Crippen LogP contribution in [0.1, 0.15) is 25.0 Å². The van der Waals surface area contributed by atoms with E-state index in [1.165, 1.54) is 16.4 Å². The molecule has 31 heavy (non-hydrogen) atoms. The molecule has 0 aliphatic carbocycles. The van der Waals surface area contributed by atoms with Gasteiger partial charge in [0.2, 0.25) is 10.0 Å². The first-order chi connectivity index (χ1) is 14.7. The summed E-state index contributed by atoms with van der Waals surface area (Å²) in [7, 11) is -3.83. The molecule has 0 atom stereocenters. The number of urea groups is 1. The van der Waals surface area contributed by atoms with E-state index in [1.807, 2.05) is 38.1 Å². The fourth-order valence-corrected chi connectivity index (χ4v) is 4.99. The van der Waals surface area contributed by atoms with Gasteiger partial charge in [0.05, 0.1) is 6.10 Å². The van der Waals surface area contributed by atoms with E-state index in [9.17, 15) is 18.3 Å². The maximum absolute atomic E-state index is 12.9. The van der Waals surface area contributed by atoms with Crippen molar-refractivity contribution in [3.63, 3.8) is 0 Å². The molecule has 1 saturated heterocycles. The average molecular weight is 448 g/mol. The van der Waals surface area contributed by atoms with Crippen molar-refractivity contribution in [3.8, 4) is 11.5 Å². The molecule has 8 nitrogen and oxygen atoms in total. The van der Waals surface area contributed by atoms with E-state index >= 15 is 0 Å². The van der Waals surface area contributed by atoms with Gasteiger partial charge in [-0.15, -0.1) is 0 Å². The Balaban J connectivity index is 1.59. The Morgan fingerprint density at radius 3 is 2.48 bits per heavy atom. The van der Waals surface area contributed by atoms with Gasteiger partial charge in [0.15, 0.2) is 0 Å². The highest BCUT2D eigenvalue weighted by atomic mass is 32.2. The molecule has 0 spiro atoms. The first-order valence-corrected chi connectivity index (χ1v) is 11.7. The molecular weight excluding hydrogens is 418 g/mol. The third-order valence-corrected chi connectivity index (χ3v) is 6.95. The first kappa shape index (κ1) is 22.9. The van der Waals surface area contributed by atoms with Crippen LogP contribution >= 0.6 is 0 Å². The van der Waals surface area contributed by atoms with Gasteiger partial charge in [-0.05, 0) is 44.5 Å². The zero-order valence-electron chi connectivity index (χ0n) is 18.0. The van der Waals surface area contributed by atoms with Crippen molar-refractivity contribution < 1.29 is 23.1 Å². The lowest BCUT2D eigenvalue weighted by Crippen LogP contribution is -2.53. The molecule has 1 heterocycles. The van der Waals surface area contributed by atoms with Crippen molar-refractivity contribution in [2.24, 2.45) is 0 Å². The third-order valence-electron chi connectivity index (χ3n) is 5.02. The SMILES string of the molecule is Cc1ccc(O)c(S(=O)(=O)N2CCN(C(=O)NCc3ccccc3OC(C)C)CC2)c1. The Bertz CT molecular complexity index is 1030. The summed E-state index contributed by atoms with van der Waals surface area (Å²) in [5.74, 6) is 0.458. The molecule has 0 radical (unpaired) electrons. The number of carbonyl (C=O) groups excluding carboxylic acids is 1. The lowest BCUT2D eigenvalue weighted by Gasteiger charge is -2.34. The lowest BCUT2D eigenvalue weighted by molar-refractivity contribution is 0.171. The van der Waals surface area contributed by atoms with Crippen LogP contribution in [0.25, 0.3) is 0 Å². The third kappa shape index (κ3) is 5.48. The Morgan fingerprint density at radius 2 is 1.81 bits per heavy atom. The predicted molar refractivity (Wildman–Crippen MR) is 118 cm³/mol. The highest BCUT2D eigenvalue weighted by Gasteiger charge is 2.31. The Morgan fingerprint density at radius 1 is 1.13 bits per heavy atom. The van der Waals surface area contributed by atoms with E-state index in [2.05, 4.69) is 5.32 Å². The number of sulfonamides is 1. The van der Waals surface area contributed by atoms with Crippen LogP contribution in [0.4, 0.5) is 4.79 Å². The number of hydrogen-bond donors (Lipinski definition) is 2. The first-order valence-electron chi connectivity index (χ1n) is 10.3. The zero-order chi connectivity index (χ0) is 22.6. The van der Waals surface area contributed by atoms with Crippen LogP contribution in [0.15, 0.2) is 47.4 Å². The summed E-state index contributed by atoms with van der Waals surface area (Å²) in [6.07, 6.45) is 0.0275. The van der Waals surface area contributed by atoms with E-state index in [0.29, 0.717) is 6.54 Å². The summed E-state index contributed by atoms with van der Waals surface area (Å²) < 4.78 is 32.9. The van der Waals surface area contributed by atoms with Gasteiger partial charge in [-0.25, -0.2) is 13.2 Å². The molecule has 0 saturated carbocycles. The van der Waals surface area contributed by atoms with Gasteiger partial charge in [0, 0.05) is 38.3 Å². The van der Waals surface area contributed by atoms with Crippen molar-refractivity contribution >= 4 is 16.1 Å². The number of amides is 2. The fourth-order valence-electron chi connectivity index (χ4n) is 3.40. The molecule has 1 aliphatic heterocycles. The number of phenolic OH excluding ortho intramolecular Hbond substituents is 1. The smallest absolute Gasteiger partial charge is 0.317 e. The van der Waals surface area contributed by atoms with Crippen LogP contribution in [0.5, 0.6) is 11.5 Å². The standard InChI is InChI=1S/C22H29N3O5S/c1-16(2)30-20-7-5-4-6-18(20)15-23-22(27)24-10-12-25(13-11-24)31(28,29)21-14-17(3)8-9-19(21)26/h4-9,14,16,26H,10-13,15H2,1-3H3,(H,23,27). The van der Waals surface area contributed by atoms with Crippen molar-refractivity contribution in [2.45, 2.75) is 38.3 Å². The van der Waals surface area contributed by atoms with Gasteiger partial charge < -0.3 is 20.1 Å². The molecule has 1 fully saturated rings. The van der Waals surface area contributed by atoms with Gasteiger partial charge >= 0.3 is 6.03 Å². The number of piperazine rings is 1. The van der Waals surface area contributed by atoms with Gasteiger partial charge in [-0.2, -0.15) is 4.31 Å². The van der Waals surface area contributed by atoms with Gasteiger partial charge in [0.1, 0.15) is 16.4 Å². The summed E-state index contributed by atoms with van der Waals surface area (Å²) in [6.45, 7) is 6.83. The summed E-state index contributed by atoms with van der Waals surface area (Å²) >= 11 is 0. The molecule has 2 aromatic carbocycles. The molecule has 2 aromatic rings. The fraction of sp³-hybridized carbons (Fsp3) is 0.409. The molecule has 168 valence electrons. The maximum atomic E-state index is 12.9. The number of hydrogen-bond acceptors (Lipinski definition) is 5. The van der Waals surface area contributed by atoms with Gasteiger partial charge in [0.25, 0.3) is 0 Å². The molecular formula is C22H29N3O5S. The van der Waals surface area contributed by atoms with Gasteiger partial charge in [-0.3, -0.25) is 0 Å². The minimum absolute atomic E-state index is 0.0275. The van der Waals surface area contributed by atoms with Crippen molar-refractivity contribution in [1.29, 1.82) is 0 Å². The number of carbonyl (C=O) groups is 1. The Kier molecular flexibility index (Phi) is 7.07. The molecule has 2 amide bonds. The number of nitrogens with zero attached hydrogens (tertiary/aromatic N) is 2. The maximum Gasteiger partial charge on any atom is 0.317 e. The molecule has 0 unspecified atom stereocenters. The minimum Gasteiger partial charge on any atom is -0.507 e. The predicted octanol–water partition coefficient (Wildman–Crippen LogP) is 2.70.